The van der Waals surface area contributed by atoms with Crippen LogP contribution in [0.5, 0.6) is 0 Å². The van der Waals surface area contributed by atoms with Crippen LogP contribution in [0.3, 0.4) is 0 Å². The van der Waals surface area contributed by atoms with Crippen molar-refractivity contribution in [3.63, 3.8) is 0 Å². The number of hydrogen-bond donors (Lipinski definition) is 2. The van der Waals surface area contributed by atoms with E-state index in [4.69, 9.17) is 4.42 Å². The van der Waals surface area contributed by atoms with Crippen molar-refractivity contribution < 1.29 is 24.2 Å². The summed E-state index contributed by atoms with van der Waals surface area (Å²) in [5.74, 6) is 0.118. The lowest BCUT2D eigenvalue weighted by Gasteiger charge is -2.53. The Bertz CT molecular complexity index is 1060. The van der Waals surface area contributed by atoms with E-state index in [-0.39, 0.29) is 22.9 Å². The van der Waals surface area contributed by atoms with Crippen LogP contribution in [0.15, 0.2) is 22.8 Å². The van der Waals surface area contributed by atoms with E-state index >= 15 is 0 Å². The van der Waals surface area contributed by atoms with Crippen LogP contribution in [0, 0.1) is 0 Å². The maximum atomic E-state index is 13.4. The van der Waals surface area contributed by atoms with Crippen LogP contribution in [-0.4, -0.2) is 36.0 Å². The highest BCUT2D eigenvalue weighted by Gasteiger charge is 2.60. The number of fused-ring (bicyclic) bond motifs is 4. The molecule has 0 amide bonds. The number of carbonyl (C=O) groups is 2. The summed E-state index contributed by atoms with van der Waals surface area (Å²) in [6, 6.07) is 3.73. The highest BCUT2D eigenvalue weighted by molar-refractivity contribution is 6.78. The maximum Gasteiger partial charge on any atom is 0.229 e. The number of furan rings is 1. The van der Waals surface area contributed by atoms with E-state index in [1.807, 2.05) is 12.1 Å². The van der Waals surface area contributed by atoms with Gasteiger partial charge >= 0.3 is 0 Å². The van der Waals surface area contributed by atoms with E-state index in [9.17, 15) is 19.8 Å². The van der Waals surface area contributed by atoms with Gasteiger partial charge in [0.2, 0.25) is 5.78 Å². The molecule has 5 nitrogen and oxygen atoms in total. The summed E-state index contributed by atoms with van der Waals surface area (Å²) < 4.78 is 5.70. The van der Waals surface area contributed by atoms with E-state index in [0.29, 0.717) is 29.5 Å². The molecule has 0 unspecified atom stereocenters. The van der Waals surface area contributed by atoms with Crippen LogP contribution < -0.4 is 0 Å². The molecule has 1 aromatic carbocycles. The number of hydrogen-bond acceptors (Lipinski definition) is 5. The molecule has 3 aliphatic rings. The SMILES string of the molecule is C[C@]12c3ccc4c(c3C(=O)c3occ(c31)[C@H](O)[C@H](O)[C@H]2[Si](C)(C)C)CCC4=O. The second-order valence-electron chi connectivity index (χ2n) is 9.64. The summed E-state index contributed by atoms with van der Waals surface area (Å²) in [7, 11) is -2.01. The Hall–Kier alpha value is -2.02. The molecule has 28 heavy (non-hydrogen) atoms. The summed E-state index contributed by atoms with van der Waals surface area (Å²) in [4.78, 5) is 25.7. The maximum absolute atomic E-state index is 13.4. The van der Waals surface area contributed by atoms with E-state index in [1.165, 1.54) is 6.26 Å². The number of aliphatic hydroxyl groups is 2. The molecule has 0 bridgehead atoms. The first-order valence-corrected chi connectivity index (χ1v) is 13.4. The minimum Gasteiger partial charge on any atom is -0.460 e. The monoisotopic (exact) mass is 396 g/mol. The van der Waals surface area contributed by atoms with Crippen LogP contribution in [0.25, 0.3) is 0 Å². The van der Waals surface area contributed by atoms with Crippen LogP contribution in [0.1, 0.15) is 68.2 Å². The van der Waals surface area contributed by atoms with Gasteiger partial charge in [-0.2, -0.15) is 0 Å². The standard InChI is InChI=1S/C22H24O5Si/c1-22-13-7-5-10-11(6-8-14(10)23)15(13)18(25)20-16(22)12(9-27-20)17(24)19(26)21(22)28(2,3)4/h5,7,9,17,19,21,24,26H,6,8H2,1-4H3/t17-,19-,21+,22-/m0/s1. The van der Waals surface area contributed by atoms with Crippen molar-refractivity contribution in [3.8, 4) is 0 Å². The van der Waals surface area contributed by atoms with Gasteiger partial charge in [0, 0.05) is 34.1 Å². The van der Waals surface area contributed by atoms with Crippen molar-refractivity contribution in [2.24, 2.45) is 0 Å². The third-order valence-electron chi connectivity index (χ3n) is 7.09. The molecule has 0 fully saturated rings. The number of aliphatic hydroxyl groups excluding tert-OH is 2. The Kier molecular flexibility index (Phi) is 3.42. The van der Waals surface area contributed by atoms with Crippen molar-refractivity contribution >= 4 is 19.6 Å². The number of ketones is 2. The van der Waals surface area contributed by atoms with Crippen LogP contribution in [0.4, 0.5) is 0 Å². The quantitative estimate of drug-likeness (QED) is 0.722. The second kappa shape index (κ2) is 5.31. The van der Waals surface area contributed by atoms with Crippen molar-refractivity contribution in [3.05, 3.63) is 57.5 Å². The smallest absolute Gasteiger partial charge is 0.229 e. The van der Waals surface area contributed by atoms with Crippen molar-refractivity contribution in [1.29, 1.82) is 0 Å². The van der Waals surface area contributed by atoms with Gasteiger partial charge in [0.15, 0.2) is 11.5 Å². The number of rotatable bonds is 1. The summed E-state index contributed by atoms with van der Waals surface area (Å²) in [6.07, 6.45) is 0.399. The zero-order valence-electron chi connectivity index (χ0n) is 16.5. The molecular formula is C22H24O5Si. The lowest BCUT2D eigenvalue weighted by atomic mass is 9.60. The first-order chi connectivity index (χ1) is 13.1. The van der Waals surface area contributed by atoms with Gasteiger partial charge in [-0.1, -0.05) is 38.7 Å². The van der Waals surface area contributed by atoms with Gasteiger partial charge in [0.25, 0.3) is 0 Å². The summed E-state index contributed by atoms with van der Waals surface area (Å²) in [5, 5.41) is 22.0. The Morgan fingerprint density at radius 2 is 1.86 bits per heavy atom. The molecule has 0 saturated heterocycles. The van der Waals surface area contributed by atoms with E-state index in [2.05, 4.69) is 26.6 Å². The molecule has 0 radical (unpaired) electrons. The molecule has 0 aliphatic heterocycles. The Morgan fingerprint density at radius 3 is 2.54 bits per heavy atom. The molecule has 1 aromatic heterocycles. The molecule has 3 aliphatic carbocycles. The first-order valence-electron chi connectivity index (χ1n) is 9.80. The molecule has 6 heteroatoms. The normalized spacial score (nSPS) is 30.9. The minimum absolute atomic E-state index is 0.0718. The third kappa shape index (κ3) is 1.93. The van der Waals surface area contributed by atoms with Crippen LogP contribution >= 0.6 is 0 Å². The van der Waals surface area contributed by atoms with Gasteiger partial charge in [-0.25, -0.2) is 0 Å². The largest absolute Gasteiger partial charge is 0.460 e. The molecule has 0 saturated carbocycles. The predicted molar refractivity (Wildman–Crippen MR) is 106 cm³/mol. The average Bonchev–Trinajstić information content (AvgIpc) is 3.22. The number of Topliss-reactive ketones (excluding diaryl/α,β-unsaturated/α-hetero) is 1. The van der Waals surface area contributed by atoms with E-state index in [0.717, 1.165) is 16.7 Å². The zero-order valence-corrected chi connectivity index (χ0v) is 17.5. The first kappa shape index (κ1) is 18.0. The fraction of sp³-hybridized carbons (Fsp3) is 0.455. The minimum atomic E-state index is -2.01. The Balaban J connectivity index is 1.90. The number of carbonyl (C=O) groups excluding carboxylic acids is 2. The fourth-order valence-corrected chi connectivity index (χ4v) is 9.42. The molecular weight excluding hydrogens is 372 g/mol. The molecule has 2 aromatic rings. The van der Waals surface area contributed by atoms with Crippen LogP contribution in [0.2, 0.25) is 25.2 Å². The topological polar surface area (TPSA) is 87.7 Å². The van der Waals surface area contributed by atoms with Gasteiger partial charge < -0.3 is 14.6 Å². The molecule has 2 N–H and O–H groups in total. The van der Waals surface area contributed by atoms with Crippen LogP contribution in [-0.2, 0) is 11.8 Å². The van der Waals surface area contributed by atoms with Gasteiger partial charge in [0.1, 0.15) is 6.10 Å². The molecule has 146 valence electrons. The van der Waals surface area contributed by atoms with Crippen molar-refractivity contribution in [1.82, 2.24) is 0 Å². The van der Waals surface area contributed by atoms with Gasteiger partial charge in [-0.15, -0.1) is 0 Å². The van der Waals surface area contributed by atoms with E-state index in [1.54, 1.807) is 0 Å². The highest BCUT2D eigenvalue weighted by Crippen LogP contribution is 2.61. The Labute approximate surface area is 164 Å². The Morgan fingerprint density at radius 1 is 1.14 bits per heavy atom. The van der Waals surface area contributed by atoms with Gasteiger partial charge in [-0.05, 0) is 23.1 Å². The average molecular weight is 397 g/mol. The van der Waals surface area contributed by atoms with E-state index < -0.39 is 25.7 Å². The summed E-state index contributed by atoms with van der Waals surface area (Å²) in [5.41, 5.74) is 3.25. The molecule has 4 atom stereocenters. The lowest BCUT2D eigenvalue weighted by molar-refractivity contribution is -0.00828. The number of benzene rings is 1. The predicted octanol–water partition coefficient (Wildman–Crippen LogP) is 3.38. The molecule has 0 spiro atoms. The summed E-state index contributed by atoms with van der Waals surface area (Å²) in [6.45, 7) is 8.60. The van der Waals surface area contributed by atoms with Gasteiger partial charge in [-0.3, -0.25) is 9.59 Å². The van der Waals surface area contributed by atoms with Gasteiger partial charge in [0.05, 0.1) is 20.4 Å². The second-order valence-corrected chi connectivity index (χ2v) is 15.0. The molecule has 1 heterocycles. The lowest BCUT2D eigenvalue weighted by Crippen LogP contribution is -2.55. The van der Waals surface area contributed by atoms with Crippen molar-refractivity contribution in [2.75, 3.05) is 0 Å². The summed E-state index contributed by atoms with van der Waals surface area (Å²) >= 11 is 0. The zero-order chi connectivity index (χ0) is 20.2. The van der Waals surface area contributed by atoms with Crippen molar-refractivity contribution in [2.45, 2.75) is 62.6 Å². The highest BCUT2D eigenvalue weighted by atomic mass is 28.3. The fourth-order valence-electron chi connectivity index (χ4n) is 6.18. The molecule has 5 rings (SSSR count). The third-order valence-corrected chi connectivity index (χ3v) is 9.87.